The summed E-state index contributed by atoms with van der Waals surface area (Å²) in [5, 5.41) is 0.432. The number of hydrogen-bond donors (Lipinski definition) is 1. The van der Waals surface area contributed by atoms with Gasteiger partial charge in [-0.05, 0) is 20.9 Å². The lowest BCUT2D eigenvalue weighted by Gasteiger charge is -2.23. The van der Waals surface area contributed by atoms with Crippen LogP contribution in [0.25, 0.3) is 0 Å². The number of hydrogen-bond acceptors (Lipinski definition) is 4. The number of aromatic nitrogens is 1. The standard InChI is InChI=1S/C10H16F3N3S/c1-6(4-14)16(3)5-8-9(10(11,12)13)15-7(2)17-8/h6H,4-5,14H2,1-3H3. The van der Waals surface area contributed by atoms with Crippen LogP contribution in [0.3, 0.4) is 0 Å². The van der Waals surface area contributed by atoms with E-state index in [9.17, 15) is 13.2 Å². The van der Waals surface area contributed by atoms with Crippen LogP contribution in [0, 0.1) is 6.92 Å². The van der Waals surface area contributed by atoms with Crippen molar-refractivity contribution >= 4 is 11.3 Å². The van der Waals surface area contributed by atoms with Crippen molar-refractivity contribution in [1.29, 1.82) is 0 Å². The zero-order valence-electron chi connectivity index (χ0n) is 10.0. The van der Waals surface area contributed by atoms with Gasteiger partial charge in [0.25, 0.3) is 0 Å². The topological polar surface area (TPSA) is 42.2 Å². The van der Waals surface area contributed by atoms with Crippen LogP contribution in [0.15, 0.2) is 0 Å². The zero-order valence-corrected chi connectivity index (χ0v) is 10.8. The second kappa shape index (κ2) is 5.32. The van der Waals surface area contributed by atoms with Crippen molar-refractivity contribution in [3.63, 3.8) is 0 Å². The highest BCUT2D eigenvalue weighted by Crippen LogP contribution is 2.34. The first-order chi connectivity index (χ1) is 7.75. The number of likely N-dealkylation sites (N-methyl/N-ethyl adjacent to an activating group) is 1. The Hall–Kier alpha value is -0.660. The normalized spacial score (nSPS) is 14.4. The van der Waals surface area contributed by atoms with Gasteiger partial charge < -0.3 is 5.73 Å². The molecule has 98 valence electrons. The van der Waals surface area contributed by atoms with Crippen LogP contribution in [-0.2, 0) is 12.7 Å². The molecule has 0 aliphatic carbocycles. The summed E-state index contributed by atoms with van der Waals surface area (Å²) in [6.45, 7) is 4.09. The Morgan fingerprint density at radius 1 is 1.47 bits per heavy atom. The minimum atomic E-state index is -4.38. The molecule has 17 heavy (non-hydrogen) atoms. The lowest BCUT2D eigenvalue weighted by Crippen LogP contribution is -2.35. The number of nitrogens with zero attached hydrogens (tertiary/aromatic N) is 2. The second-order valence-electron chi connectivity index (χ2n) is 4.00. The summed E-state index contributed by atoms with van der Waals surface area (Å²) in [5.74, 6) is 0. The van der Waals surface area contributed by atoms with Gasteiger partial charge in [-0.15, -0.1) is 11.3 Å². The van der Waals surface area contributed by atoms with E-state index >= 15 is 0 Å². The summed E-state index contributed by atoms with van der Waals surface area (Å²) < 4.78 is 38.1. The van der Waals surface area contributed by atoms with Gasteiger partial charge in [-0.2, -0.15) is 13.2 Å². The molecule has 0 aromatic carbocycles. The van der Waals surface area contributed by atoms with E-state index in [-0.39, 0.29) is 17.5 Å². The summed E-state index contributed by atoms with van der Waals surface area (Å²) in [4.78, 5) is 5.60. The van der Waals surface area contributed by atoms with E-state index in [1.165, 1.54) is 0 Å². The summed E-state index contributed by atoms with van der Waals surface area (Å²) in [6.07, 6.45) is -4.38. The summed E-state index contributed by atoms with van der Waals surface area (Å²) in [7, 11) is 1.76. The maximum Gasteiger partial charge on any atom is 0.434 e. The van der Waals surface area contributed by atoms with Gasteiger partial charge in [-0.3, -0.25) is 4.90 Å². The molecule has 1 heterocycles. The van der Waals surface area contributed by atoms with E-state index < -0.39 is 11.9 Å². The van der Waals surface area contributed by atoms with E-state index in [2.05, 4.69) is 4.98 Å². The van der Waals surface area contributed by atoms with Crippen LogP contribution in [-0.4, -0.2) is 29.5 Å². The SMILES string of the molecule is Cc1nc(C(F)(F)F)c(CN(C)C(C)CN)s1. The third kappa shape index (κ3) is 3.65. The van der Waals surface area contributed by atoms with Gasteiger partial charge in [0.1, 0.15) is 0 Å². The average molecular weight is 267 g/mol. The quantitative estimate of drug-likeness (QED) is 0.909. The molecule has 1 unspecified atom stereocenters. The van der Waals surface area contributed by atoms with Gasteiger partial charge >= 0.3 is 6.18 Å². The van der Waals surface area contributed by atoms with Crippen LogP contribution >= 0.6 is 11.3 Å². The Balaban J connectivity index is 2.91. The smallest absolute Gasteiger partial charge is 0.329 e. The van der Waals surface area contributed by atoms with Gasteiger partial charge in [-0.1, -0.05) is 0 Å². The van der Waals surface area contributed by atoms with Crippen molar-refractivity contribution < 1.29 is 13.2 Å². The maximum absolute atomic E-state index is 12.7. The van der Waals surface area contributed by atoms with Gasteiger partial charge in [0, 0.05) is 19.1 Å². The van der Waals surface area contributed by atoms with Gasteiger partial charge in [0.2, 0.25) is 0 Å². The molecule has 0 radical (unpaired) electrons. The fourth-order valence-electron chi connectivity index (χ4n) is 1.36. The number of halogens is 3. The van der Waals surface area contributed by atoms with E-state index in [4.69, 9.17) is 5.73 Å². The highest BCUT2D eigenvalue weighted by molar-refractivity contribution is 7.11. The molecular formula is C10H16F3N3S. The number of nitrogens with two attached hydrogens (primary N) is 1. The van der Waals surface area contributed by atoms with Crippen LogP contribution in [0.1, 0.15) is 22.5 Å². The van der Waals surface area contributed by atoms with Gasteiger partial charge in [-0.25, -0.2) is 4.98 Å². The zero-order chi connectivity index (χ0) is 13.2. The first-order valence-electron chi connectivity index (χ1n) is 5.19. The highest BCUT2D eigenvalue weighted by Gasteiger charge is 2.37. The molecule has 0 aliphatic rings. The molecule has 0 saturated heterocycles. The van der Waals surface area contributed by atoms with Crippen LogP contribution < -0.4 is 5.73 Å². The summed E-state index contributed by atoms with van der Waals surface area (Å²) >= 11 is 1.08. The minimum Gasteiger partial charge on any atom is -0.329 e. The van der Waals surface area contributed by atoms with Crippen molar-refractivity contribution in [2.24, 2.45) is 5.73 Å². The van der Waals surface area contributed by atoms with E-state index in [0.29, 0.717) is 11.6 Å². The van der Waals surface area contributed by atoms with Crippen molar-refractivity contribution in [1.82, 2.24) is 9.88 Å². The molecule has 0 amide bonds. The molecule has 0 saturated carbocycles. The molecule has 1 aromatic rings. The fraction of sp³-hybridized carbons (Fsp3) is 0.700. The molecule has 1 atom stereocenters. The molecule has 7 heteroatoms. The first-order valence-corrected chi connectivity index (χ1v) is 6.01. The molecule has 2 N–H and O–H groups in total. The molecule has 1 aromatic heterocycles. The second-order valence-corrected chi connectivity index (χ2v) is 5.29. The predicted molar refractivity (Wildman–Crippen MR) is 61.8 cm³/mol. The van der Waals surface area contributed by atoms with Gasteiger partial charge in [0.05, 0.1) is 9.88 Å². The molecule has 3 nitrogen and oxygen atoms in total. The fourth-order valence-corrected chi connectivity index (χ4v) is 2.38. The minimum absolute atomic E-state index is 0.0403. The summed E-state index contributed by atoms with van der Waals surface area (Å²) in [6, 6.07) is 0.0403. The highest BCUT2D eigenvalue weighted by atomic mass is 32.1. The Kier molecular flexibility index (Phi) is 4.51. The Morgan fingerprint density at radius 2 is 2.06 bits per heavy atom. The lowest BCUT2D eigenvalue weighted by atomic mass is 10.2. The first kappa shape index (κ1) is 14.4. The van der Waals surface area contributed by atoms with E-state index in [0.717, 1.165) is 11.3 Å². The van der Waals surface area contributed by atoms with Crippen LogP contribution in [0.2, 0.25) is 0 Å². The third-order valence-electron chi connectivity index (χ3n) is 2.56. The van der Waals surface area contributed by atoms with Crippen LogP contribution in [0.5, 0.6) is 0 Å². The van der Waals surface area contributed by atoms with Crippen molar-refractivity contribution in [3.8, 4) is 0 Å². The Morgan fingerprint density at radius 3 is 2.53 bits per heavy atom. The third-order valence-corrected chi connectivity index (χ3v) is 3.51. The van der Waals surface area contributed by atoms with Crippen LogP contribution in [0.4, 0.5) is 13.2 Å². The largest absolute Gasteiger partial charge is 0.434 e. The summed E-state index contributed by atoms with van der Waals surface area (Å²) in [5.41, 5.74) is 4.71. The van der Waals surface area contributed by atoms with Crippen molar-refractivity contribution in [2.45, 2.75) is 32.6 Å². The monoisotopic (exact) mass is 267 g/mol. The Labute approximate surface area is 102 Å². The molecule has 0 bridgehead atoms. The van der Waals surface area contributed by atoms with Crippen molar-refractivity contribution in [3.05, 3.63) is 15.6 Å². The van der Waals surface area contributed by atoms with E-state index in [1.807, 2.05) is 6.92 Å². The number of aryl methyl sites for hydroxylation is 1. The molecule has 0 fully saturated rings. The average Bonchev–Trinajstić information content (AvgIpc) is 2.57. The molecule has 0 aliphatic heterocycles. The Bertz CT molecular complexity index is 375. The predicted octanol–water partition coefficient (Wildman–Crippen LogP) is 2.25. The number of thiazole rings is 1. The maximum atomic E-state index is 12.7. The van der Waals surface area contributed by atoms with E-state index in [1.54, 1.807) is 18.9 Å². The molecule has 1 rings (SSSR count). The van der Waals surface area contributed by atoms with Gasteiger partial charge in [0.15, 0.2) is 5.69 Å². The molecular weight excluding hydrogens is 251 g/mol. The van der Waals surface area contributed by atoms with Crippen molar-refractivity contribution in [2.75, 3.05) is 13.6 Å². The lowest BCUT2D eigenvalue weighted by molar-refractivity contribution is -0.141. The molecule has 0 spiro atoms. The number of rotatable bonds is 4. The number of alkyl halides is 3.